The van der Waals surface area contributed by atoms with E-state index in [1.54, 1.807) is 0 Å². The van der Waals surface area contributed by atoms with Crippen molar-refractivity contribution in [2.45, 2.75) is 26.2 Å². The minimum atomic E-state index is 0.365. The molecule has 12 heavy (non-hydrogen) atoms. The van der Waals surface area contributed by atoms with Gasteiger partial charge in [0.05, 0.1) is 0 Å². The van der Waals surface area contributed by atoms with Gasteiger partial charge in [-0.05, 0) is 19.3 Å². The third kappa shape index (κ3) is 7.20. The third-order valence-corrected chi connectivity index (χ3v) is 2.22. The molecular weight excluding hydrogens is 259 g/mol. The van der Waals surface area contributed by atoms with E-state index in [0.717, 1.165) is 24.6 Å². The molecule has 0 bridgehead atoms. The first-order valence-corrected chi connectivity index (χ1v) is 5.83. The minimum absolute atomic E-state index is 0.365. The highest BCUT2D eigenvalue weighted by Crippen LogP contribution is 2.14. The van der Waals surface area contributed by atoms with Crippen molar-refractivity contribution >= 4 is 39.1 Å². The normalized spacial score (nSPS) is 11.5. The number of rotatable bonds is 5. The van der Waals surface area contributed by atoms with Crippen LogP contribution in [0.5, 0.6) is 0 Å². The van der Waals surface area contributed by atoms with Crippen LogP contribution in [0.2, 0.25) is 0 Å². The number of alkyl halides is 1. The third-order valence-electron chi connectivity index (χ3n) is 1.58. The number of hydrogen-bond acceptors (Lipinski definition) is 0. The standard InChI is InChI=1S/C9H13BrCl2/c1-2-8(6-7-10)4-3-5-9(11)12/h5-6H,2-4,7H2,1H3/b8-6+. The fraction of sp³-hybridized carbons (Fsp3) is 0.556. The zero-order valence-electron chi connectivity index (χ0n) is 7.12. The van der Waals surface area contributed by atoms with E-state index in [9.17, 15) is 0 Å². The van der Waals surface area contributed by atoms with Crippen molar-refractivity contribution in [3.63, 3.8) is 0 Å². The Morgan fingerprint density at radius 2 is 2.00 bits per heavy atom. The summed E-state index contributed by atoms with van der Waals surface area (Å²) in [5.41, 5.74) is 1.44. The lowest BCUT2D eigenvalue weighted by Gasteiger charge is -2.00. The average molecular weight is 272 g/mol. The van der Waals surface area contributed by atoms with Crippen LogP contribution in [0.4, 0.5) is 0 Å². The Labute approximate surface area is 92.8 Å². The highest BCUT2D eigenvalue weighted by molar-refractivity contribution is 9.09. The molecule has 0 nitrogen and oxygen atoms in total. The van der Waals surface area contributed by atoms with Crippen LogP contribution in [0.1, 0.15) is 26.2 Å². The van der Waals surface area contributed by atoms with E-state index in [2.05, 4.69) is 28.9 Å². The molecule has 3 heteroatoms. The van der Waals surface area contributed by atoms with Gasteiger partial charge in [0, 0.05) is 5.33 Å². The van der Waals surface area contributed by atoms with E-state index in [0.29, 0.717) is 4.49 Å². The molecule has 0 N–H and O–H groups in total. The molecule has 0 aliphatic heterocycles. The molecule has 0 atom stereocenters. The van der Waals surface area contributed by atoms with Crippen molar-refractivity contribution in [1.29, 1.82) is 0 Å². The lowest BCUT2D eigenvalue weighted by atomic mass is 10.1. The largest absolute Gasteiger partial charge is 0.102 e. The monoisotopic (exact) mass is 270 g/mol. The van der Waals surface area contributed by atoms with Gasteiger partial charge in [0.2, 0.25) is 0 Å². The summed E-state index contributed by atoms with van der Waals surface area (Å²) in [6.45, 7) is 2.15. The smallest absolute Gasteiger partial charge is 0.0883 e. The summed E-state index contributed by atoms with van der Waals surface area (Å²) >= 11 is 14.3. The molecule has 0 rings (SSSR count). The van der Waals surface area contributed by atoms with E-state index in [4.69, 9.17) is 23.2 Å². The maximum atomic E-state index is 5.48. The van der Waals surface area contributed by atoms with Crippen LogP contribution in [0, 0.1) is 0 Å². The molecule has 0 saturated carbocycles. The molecule has 70 valence electrons. The molecule has 0 aromatic rings. The van der Waals surface area contributed by atoms with Crippen molar-refractivity contribution in [1.82, 2.24) is 0 Å². The van der Waals surface area contributed by atoms with Crippen LogP contribution in [-0.2, 0) is 0 Å². The van der Waals surface area contributed by atoms with E-state index >= 15 is 0 Å². The van der Waals surface area contributed by atoms with E-state index in [1.807, 2.05) is 6.08 Å². The number of halogens is 3. The van der Waals surface area contributed by atoms with Crippen LogP contribution < -0.4 is 0 Å². The second-order valence-corrected chi connectivity index (χ2v) is 4.06. The maximum Gasteiger partial charge on any atom is 0.102 e. The fourth-order valence-electron chi connectivity index (χ4n) is 0.899. The van der Waals surface area contributed by atoms with Gasteiger partial charge in [-0.1, -0.05) is 63.8 Å². The van der Waals surface area contributed by atoms with Crippen LogP contribution in [0.25, 0.3) is 0 Å². The predicted octanol–water partition coefficient (Wildman–Crippen LogP) is 4.82. The zero-order chi connectivity index (χ0) is 9.40. The summed E-state index contributed by atoms with van der Waals surface area (Å²) < 4.78 is 0.365. The molecular formula is C9H13BrCl2. The van der Waals surface area contributed by atoms with Crippen LogP contribution in [-0.4, -0.2) is 5.33 Å². The number of hydrogen-bond donors (Lipinski definition) is 0. The molecule has 0 radical (unpaired) electrons. The molecule has 0 aromatic carbocycles. The van der Waals surface area contributed by atoms with Gasteiger partial charge in [-0.25, -0.2) is 0 Å². The molecule has 0 aliphatic rings. The summed E-state index contributed by atoms with van der Waals surface area (Å²) in [7, 11) is 0. The van der Waals surface area contributed by atoms with Crippen molar-refractivity contribution in [2.24, 2.45) is 0 Å². The number of allylic oxidation sites excluding steroid dienone is 3. The molecule has 0 saturated heterocycles. The van der Waals surface area contributed by atoms with Gasteiger partial charge in [0.15, 0.2) is 0 Å². The molecule has 0 aliphatic carbocycles. The Morgan fingerprint density at radius 3 is 2.42 bits per heavy atom. The second kappa shape index (κ2) is 8.15. The molecule has 0 heterocycles. The SMILES string of the molecule is CC/C(=C\CBr)CCC=C(Cl)Cl. The summed E-state index contributed by atoms with van der Waals surface area (Å²) in [5.74, 6) is 0. The van der Waals surface area contributed by atoms with Gasteiger partial charge in [-0.15, -0.1) is 0 Å². The highest BCUT2D eigenvalue weighted by Gasteiger charge is 1.92. The van der Waals surface area contributed by atoms with Gasteiger partial charge in [-0.2, -0.15) is 0 Å². The minimum Gasteiger partial charge on any atom is -0.0883 e. The second-order valence-electron chi connectivity index (χ2n) is 2.40. The molecule has 0 unspecified atom stereocenters. The van der Waals surface area contributed by atoms with Gasteiger partial charge in [0.1, 0.15) is 4.49 Å². The maximum absolute atomic E-state index is 5.48. The Morgan fingerprint density at radius 1 is 1.33 bits per heavy atom. The van der Waals surface area contributed by atoms with E-state index in [-0.39, 0.29) is 0 Å². The quantitative estimate of drug-likeness (QED) is 0.497. The van der Waals surface area contributed by atoms with Crippen LogP contribution in [0.3, 0.4) is 0 Å². The summed E-state index contributed by atoms with van der Waals surface area (Å²) in [4.78, 5) is 0. The van der Waals surface area contributed by atoms with Crippen LogP contribution in [0.15, 0.2) is 22.2 Å². The Hall–Kier alpha value is 0.540. The molecule has 0 fully saturated rings. The Balaban J connectivity index is 3.74. The van der Waals surface area contributed by atoms with Gasteiger partial charge in [-0.3, -0.25) is 0 Å². The van der Waals surface area contributed by atoms with Crippen molar-refractivity contribution in [2.75, 3.05) is 5.33 Å². The lowest BCUT2D eigenvalue weighted by Crippen LogP contribution is -1.81. The topological polar surface area (TPSA) is 0 Å². The Bertz CT molecular complexity index is 169. The van der Waals surface area contributed by atoms with Crippen LogP contribution >= 0.6 is 39.1 Å². The fourth-order valence-corrected chi connectivity index (χ4v) is 1.58. The van der Waals surface area contributed by atoms with E-state index < -0.39 is 0 Å². The summed E-state index contributed by atoms with van der Waals surface area (Å²) in [6.07, 6.45) is 7.09. The van der Waals surface area contributed by atoms with Gasteiger partial charge < -0.3 is 0 Å². The molecule has 0 amide bonds. The lowest BCUT2D eigenvalue weighted by molar-refractivity contribution is 0.906. The van der Waals surface area contributed by atoms with Gasteiger partial charge >= 0.3 is 0 Å². The van der Waals surface area contributed by atoms with E-state index in [1.165, 1.54) is 5.57 Å². The first-order chi connectivity index (χ1) is 5.70. The zero-order valence-corrected chi connectivity index (χ0v) is 10.2. The predicted molar refractivity (Wildman–Crippen MR) is 61.2 cm³/mol. The van der Waals surface area contributed by atoms with Crippen molar-refractivity contribution in [3.05, 3.63) is 22.2 Å². The van der Waals surface area contributed by atoms with Crippen molar-refractivity contribution < 1.29 is 0 Å². The Kier molecular flexibility index (Phi) is 8.52. The highest BCUT2D eigenvalue weighted by atomic mass is 79.9. The average Bonchev–Trinajstić information content (AvgIpc) is 2.02. The first kappa shape index (κ1) is 12.5. The first-order valence-electron chi connectivity index (χ1n) is 3.95. The molecule has 0 aromatic heterocycles. The summed E-state index contributed by atoms with van der Waals surface area (Å²) in [6, 6.07) is 0. The van der Waals surface area contributed by atoms with Gasteiger partial charge in [0.25, 0.3) is 0 Å². The van der Waals surface area contributed by atoms with Crippen molar-refractivity contribution in [3.8, 4) is 0 Å². The summed E-state index contributed by atoms with van der Waals surface area (Å²) in [5, 5.41) is 0.925. The molecule has 0 spiro atoms.